The van der Waals surface area contributed by atoms with Gasteiger partial charge in [0.05, 0.1) is 11.8 Å². The highest BCUT2D eigenvalue weighted by atomic mass is 16.3. The van der Waals surface area contributed by atoms with Gasteiger partial charge in [-0.05, 0) is 40.7 Å². The molecule has 0 radical (unpaired) electrons. The number of aryl methyl sites for hydroxylation is 1. The molecule has 15 heavy (non-hydrogen) atoms. The van der Waals surface area contributed by atoms with Gasteiger partial charge in [0, 0.05) is 17.3 Å². The molecule has 0 bridgehead atoms. The summed E-state index contributed by atoms with van der Waals surface area (Å²) < 4.78 is 1.95. The molecule has 1 atom stereocenters. The number of rotatable bonds is 4. The molecule has 3 N–H and O–H groups in total. The van der Waals surface area contributed by atoms with Crippen molar-refractivity contribution in [2.45, 2.75) is 46.3 Å². The van der Waals surface area contributed by atoms with E-state index in [1.165, 1.54) is 0 Å². The summed E-state index contributed by atoms with van der Waals surface area (Å²) in [4.78, 5) is 0. The van der Waals surface area contributed by atoms with Crippen LogP contribution in [0.15, 0.2) is 0 Å². The number of aromatic nitrogens is 2. The molecular formula is C11H21N3O. The predicted octanol–water partition coefficient (Wildman–Crippen LogP) is 1.46. The first kappa shape index (κ1) is 12.2. The van der Waals surface area contributed by atoms with Gasteiger partial charge in [-0.15, -0.1) is 0 Å². The Morgan fingerprint density at radius 2 is 2.00 bits per heavy atom. The predicted molar refractivity (Wildman–Crippen MR) is 60.7 cm³/mol. The highest BCUT2D eigenvalue weighted by molar-refractivity contribution is 5.27. The third kappa shape index (κ3) is 2.38. The largest absolute Gasteiger partial charge is 0.388 e. The monoisotopic (exact) mass is 211 g/mol. The molecule has 0 spiro atoms. The molecule has 4 heteroatoms. The minimum Gasteiger partial charge on any atom is -0.388 e. The van der Waals surface area contributed by atoms with Crippen LogP contribution in [-0.2, 0) is 0 Å². The molecule has 0 amide bonds. The van der Waals surface area contributed by atoms with Crippen LogP contribution < -0.4 is 5.73 Å². The van der Waals surface area contributed by atoms with Crippen molar-refractivity contribution in [3.8, 4) is 0 Å². The molecule has 0 saturated carbocycles. The van der Waals surface area contributed by atoms with Crippen LogP contribution in [0.2, 0.25) is 0 Å². The van der Waals surface area contributed by atoms with E-state index >= 15 is 0 Å². The summed E-state index contributed by atoms with van der Waals surface area (Å²) in [6, 6.07) is 0.322. The zero-order valence-corrected chi connectivity index (χ0v) is 9.99. The zero-order valence-electron chi connectivity index (χ0n) is 9.99. The maximum atomic E-state index is 9.94. The van der Waals surface area contributed by atoms with E-state index in [-0.39, 0.29) is 0 Å². The van der Waals surface area contributed by atoms with Crippen LogP contribution in [0.1, 0.15) is 49.4 Å². The summed E-state index contributed by atoms with van der Waals surface area (Å²) >= 11 is 0. The molecule has 86 valence electrons. The average molecular weight is 211 g/mol. The van der Waals surface area contributed by atoms with E-state index in [9.17, 15) is 5.11 Å². The summed E-state index contributed by atoms with van der Waals surface area (Å²) in [6.07, 6.45) is 0.105. The van der Waals surface area contributed by atoms with E-state index in [1.54, 1.807) is 0 Å². The number of nitrogens with zero attached hydrogens (tertiary/aromatic N) is 2. The molecule has 0 saturated heterocycles. The van der Waals surface area contributed by atoms with Crippen molar-refractivity contribution < 1.29 is 5.11 Å². The minimum atomic E-state index is -0.484. The van der Waals surface area contributed by atoms with Crippen LogP contribution in [0, 0.1) is 13.8 Å². The highest BCUT2D eigenvalue weighted by Gasteiger charge is 2.19. The maximum Gasteiger partial charge on any atom is 0.0837 e. The average Bonchev–Trinajstić information content (AvgIpc) is 2.42. The van der Waals surface area contributed by atoms with E-state index in [0.717, 1.165) is 17.0 Å². The number of aliphatic hydroxyl groups is 1. The summed E-state index contributed by atoms with van der Waals surface area (Å²) in [7, 11) is 0. The Morgan fingerprint density at radius 3 is 2.40 bits per heavy atom. The Morgan fingerprint density at radius 1 is 1.40 bits per heavy atom. The van der Waals surface area contributed by atoms with Crippen LogP contribution in [0.25, 0.3) is 0 Å². The molecule has 1 aromatic heterocycles. The Balaban J connectivity index is 3.07. The van der Waals surface area contributed by atoms with Gasteiger partial charge in [0.25, 0.3) is 0 Å². The van der Waals surface area contributed by atoms with E-state index in [4.69, 9.17) is 5.73 Å². The second-order valence-corrected chi connectivity index (χ2v) is 4.22. The minimum absolute atomic E-state index is 0.322. The Hall–Kier alpha value is -0.870. The van der Waals surface area contributed by atoms with Gasteiger partial charge in [0.1, 0.15) is 0 Å². The number of nitrogens with two attached hydrogens (primary N) is 1. The Kier molecular flexibility index (Phi) is 3.88. The standard InChI is InChI=1S/C11H21N3O/c1-7(2)14-9(4)11(8(3)13-14)10(15)5-6-12/h7,10,15H,5-6,12H2,1-4H3/t10-/m0/s1. The van der Waals surface area contributed by atoms with Gasteiger partial charge < -0.3 is 10.8 Å². The lowest BCUT2D eigenvalue weighted by atomic mass is 10.0. The normalized spacial score (nSPS) is 13.5. The molecule has 1 heterocycles. The molecule has 1 aromatic rings. The van der Waals surface area contributed by atoms with Gasteiger partial charge in [-0.2, -0.15) is 5.10 Å². The van der Waals surface area contributed by atoms with Crippen LogP contribution in [0.4, 0.5) is 0 Å². The summed E-state index contributed by atoms with van der Waals surface area (Å²) in [5.41, 5.74) is 8.33. The van der Waals surface area contributed by atoms with Gasteiger partial charge in [-0.1, -0.05) is 0 Å². The second kappa shape index (κ2) is 4.77. The highest BCUT2D eigenvalue weighted by Crippen LogP contribution is 2.25. The van der Waals surface area contributed by atoms with Gasteiger partial charge in [-0.3, -0.25) is 4.68 Å². The molecule has 0 fully saturated rings. The summed E-state index contributed by atoms with van der Waals surface area (Å²) in [5, 5.41) is 14.4. The van der Waals surface area contributed by atoms with Crippen LogP contribution in [0.3, 0.4) is 0 Å². The fourth-order valence-electron chi connectivity index (χ4n) is 1.96. The van der Waals surface area contributed by atoms with E-state index in [0.29, 0.717) is 19.0 Å². The lowest BCUT2D eigenvalue weighted by molar-refractivity contribution is 0.168. The molecule has 0 aliphatic rings. The van der Waals surface area contributed by atoms with Crippen molar-refractivity contribution in [1.29, 1.82) is 0 Å². The number of hydrogen-bond acceptors (Lipinski definition) is 3. The lowest BCUT2D eigenvalue weighted by Crippen LogP contribution is -2.09. The third-order valence-corrected chi connectivity index (χ3v) is 2.64. The summed E-state index contributed by atoms with van der Waals surface area (Å²) in [5.74, 6) is 0. The van der Waals surface area contributed by atoms with Crippen molar-refractivity contribution >= 4 is 0 Å². The van der Waals surface area contributed by atoms with Crippen molar-refractivity contribution in [2.24, 2.45) is 5.73 Å². The second-order valence-electron chi connectivity index (χ2n) is 4.22. The first-order chi connectivity index (χ1) is 6.99. The topological polar surface area (TPSA) is 64.1 Å². The Bertz CT molecular complexity index is 331. The first-order valence-corrected chi connectivity index (χ1v) is 5.42. The van der Waals surface area contributed by atoms with Crippen molar-refractivity contribution in [3.05, 3.63) is 17.0 Å². The molecule has 4 nitrogen and oxygen atoms in total. The molecule has 0 aromatic carbocycles. The zero-order chi connectivity index (χ0) is 11.6. The number of aliphatic hydroxyl groups excluding tert-OH is 1. The lowest BCUT2D eigenvalue weighted by Gasteiger charge is -2.12. The van der Waals surface area contributed by atoms with E-state index in [2.05, 4.69) is 18.9 Å². The molecule has 1 rings (SSSR count). The van der Waals surface area contributed by atoms with E-state index < -0.39 is 6.10 Å². The van der Waals surface area contributed by atoms with Gasteiger partial charge in [0.2, 0.25) is 0 Å². The molecule has 0 aliphatic heterocycles. The summed E-state index contributed by atoms with van der Waals surface area (Å²) in [6.45, 7) is 8.58. The van der Waals surface area contributed by atoms with Crippen molar-refractivity contribution in [3.63, 3.8) is 0 Å². The van der Waals surface area contributed by atoms with Gasteiger partial charge >= 0.3 is 0 Å². The Labute approximate surface area is 91.1 Å². The molecule has 0 unspecified atom stereocenters. The number of hydrogen-bond donors (Lipinski definition) is 2. The third-order valence-electron chi connectivity index (χ3n) is 2.64. The van der Waals surface area contributed by atoms with E-state index in [1.807, 2.05) is 18.5 Å². The molecule has 0 aliphatic carbocycles. The van der Waals surface area contributed by atoms with Crippen LogP contribution in [-0.4, -0.2) is 21.4 Å². The maximum absolute atomic E-state index is 9.94. The van der Waals surface area contributed by atoms with Gasteiger partial charge in [0.15, 0.2) is 0 Å². The van der Waals surface area contributed by atoms with Crippen molar-refractivity contribution in [1.82, 2.24) is 9.78 Å². The fraction of sp³-hybridized carbons (Fsp3) is 0.727. The van der Waals surface area contributed by atoms with Gasteiger partial charge in [-0.25, -0.2) is 0 Å². The molecular weight excluding hydrogens is 190 g/mol. The van der Waals surface area contributed by atoms with Crippen LogP contribution >= 0.6 is 0 Å². The first-order valence-electron chi connectivity index (χ1n) is 5.42. The van der Waals surface area contributed by atoms with Crippen LogP contribution in [0.5, 0.6) is 0 Å². The quantitative estimate of drug-likeness (QED) is 0.792. The van der Waals surface area contributed by atoms with Crippen molar-refractivity contribution in [2.75, 3.05) is 6.54 Å². The smallest absolute Gasteiger partial charge is 0.0837 e. The fourth-order valence-corrected chi connectivity index (χ4v) is 1.96. The SMILES string of the molecule is Cc1nn(C(C)C)c(C)c1[C@@H](O)CCN.